The zero-order chi connectivity index (χ0) is 13.8. The van der Waals surface area contributed by atoms with Gasteiger partial charge < -0.3 is 19.9 Å². The highest BCUT2D eigenvalue weighted by atomic mass is 16.5. The number of rotatable bonds is 4. The van der Waals surface area contributed by atoms with E-state index in [4.69, 9.17) is 14.8 Å². The quantitative estimate of drug-likeness (QED) is 0.714. The van der Waals surface area contributed by atoms with Crippen LogP contribution in [0.5, 0.6) is 11.5 Å². The Labute approximate surface area is 112 Å². The summed E-state index contributed by atoms with van der Waals surface area (Å²) in [5.41, 5.74) is 2.18. The van der Waals surface area contributed by atoms with Gasteiger partial charge in [0.15, 0.2) is 0 Å². The first-order valence-corrected chi connectivity index (χ1v) is 5.93. The lowest BCUT2D eigenvalue weighted by molar-refractivity contribution is 0.306. The van der Waals surface area contributed by atoms with Crippen LogP contribution < -0.4 is 10.2 Å². The molecule has 2 aromatic carbocycles. The molecule has 0 unspecified atom stereocenters. The fourth-order valence-corrected chi connectivity index (χ4v) is 1.79. The fourth-order valence-electron chi connectivity index (χ4n) is 1.79. The summed E-state index contributed by atoms with van der Waals surface area (Å²) in [6.45, 7) is 2.18. The molecule has 0 aromatic heterocycles. The van der Waals surface area contributed by atoms with E-state index in [0.717, 1.165) is 11.1 Å². The summed E-state index contributed by atoms with van der Waals surface area (Å²) in [6, 6.07) is 11.9. The molecule has 0 aliphatic carbocycles. The van der Waals surface area contributed by atoms with Crippen LogP contribution in [-0.2, 0) is 6.61 Å². The monoisotopic (exact) mass is 258 g/mol. The maximum absolute atomic E-state index is 9.17. The minimum atomic E-state index is -1.47. The molecule has 3 N–H and O–H groups in total. The molecular formula is C14H15BO4. The number of hydrogen-bond acceptors (Lipinski definition) is 4. The summed E-state index contributed by atoms with van der Waals surface area (Å²) in [5.74, 6) is 0.885. The van der Waals surface area contributed by atoms with Gasteiger partial charge in [-0.05, 0) is 47.8 Å². The van der Waals surface area contributed by atoms with Crippen LogP contribution in [0.3, 0.4) is 0 Å². The molecule has 0 aliphatic heterocycles. The Hall–Kier alpha value is -1.98. The van der Waals surface area contributed by atoms with Crippen LogP contribution in [0.2, 0.25) is 0 Å². The van der Waals surface area contributed by atoms with Crippen molar-refractivity contribution in [3.8, 4) is 11.5 Å². The number of ether oxygens (including phenoxy) is 1. The van der Waals surface area contributed by atoms with Gasteiger partial charge in [0.1, 0.15) is 18.1 Å². The number of benzene rings is 2. The van der Waals surface area contributed by atoms with E-state index in [1.54, 1.807) is 49.4 Å². The van der Waals surface area contributed by atoms with Gasteiger partial charge in [-0.25, -0.2) is 0 Å². The summed E-state index contributed by atoms with van der Waals surface area (Å²) in [4.78, 5) is 0. The largest absolute Gasteiger partial charge is 0.508 e. The number of phenols is 1. The Bertz CT molecular complexity index is 552. The van der Waals surface area contributed by atoms with Crippen molar-refractivity contribution in [1.82, 2.24) is 0 Å². The van der Waals surface area contributed by atoms with Crippen molar-refractivity contribution in [3.63, 3.8) is 0 Å². The number of aryl methyl sites for hydroxylation is 1. The molecular weight excluding hydrogens is 243 g/mol. The minimum Gasteiger partial charge on any atom is -0.508 e. The molecule has 0 heterocycles. The minimum absolute atomic E-state index is 0.223. The van der Waals surface area contributed by atoms with E-state index < -0.39 is 7.12 Å². The van der Waals surface area contributed by atoms with E-state index in [1.165, 1.54) is 0 Å². The summed E-state index contributed by atoms with van der Waals surface area (Å²) in [6.07, 6.45) is 0. The Morgan fingerprint density at radius 1 is 1.05 bits per heavy atom. The van der Waals surface area contributed by atoms with Gasteiger partial charge in [-0.3, -0.25) is 0 Å². The molecule has 4 nitrogen and oxygen atoms in total. The van der Waals surface area contributed by atoms with E-state index in [2.05, 4.69) is 0 Å². The molecule has 0 fully saturated rings. The van der Waals surface area contributed by atoms with Crippen molar-refractivity contribution in [2.75, 3.05) is 0 Å². The lowest BCUT2D eigenvalue weighted by atomic mass is 9.77. The van der Waals surface area contributed by atoms with E-state index in [9.17, 15) is 5.11 Å². The average Bonchev–Trinajstić information content (AvgIpc) is 2.37. The molecule has 0 aliphatic rings. The predicted molar refractivity (Wildman–Crippen MR) is 73.4 cm³/mol. The zero-order valence-electron chi connectivity index (χ0n) is 10.6. The van der Waals surface area contributed by atoms with Crippen molar-refractivity contribution in [2.45, 2.75) is 13.5 Å². The SMILES string of the molecule is Cc1cc(OCc2ccc(O)cc2)ccc1B(O)O. The molecule has 0 atom stereocenters. The summed E-state index contributed by atoms with van der Waals surface area (Å²) in [5, 5.41) is 27.4. The third-order valence-electron chi connectivity index (χ3n) is 2.86. The van der Waals surface area contributed by atoms with Crippen LogP contribution in [0.15, 0.2) is 42.5 Å². The van der Waals surface area contributed by atoms with Crippen LogP contribution in [0.4, 0.5) is 0 Å². The number of phenolic OH excluding ortho intramolecular Hbond substituents is 1. The molecule has 2 rings (SSSR count). The topological polar surface area (TPSA) is 69.9 Å². The van der Waals surface area contributed by atoms with Gasteiger partial charge in [0.25, 0.3) is 0 Å². The fraction of sp³-hybridized carbons (Fsp3) is 0.143. The van der Waals surface area contributed by atoms with Crippen molar-refractivity contribution >= 4 is 12.6 Å². The molecule has 0 saturated heterocycles. The van der Waals surface area contributed by atoms with Crippen LogP contribution in [0.25, 0.3) is 0 Å². The molecule has 0 spiro atoms. The first-order valence-electron chi connectivity index (χ1n) is 5.93. The first kappa shape index (κ1) is 13.5. The predicted octanol–water partition coefficient (Wildman–Crippen LogP) is 0.959. The van der Waals surface area contributed by atoms with Crippen molar-refractivity contribution in [3.05, 3.63) is 53.6 Å². The highest BCUT2D eigenvalue weighted by Crippen LogP contribution is 2.15. The zero-order valence-corrected chi connectivity index (χ0v) is 10.6. The van der Waals surface area contributed by atoms with Gasteiger partial charge in [-0.15, -0.1) is 0 Å². The second-order valence-electron chi connectivity index (χ2n) is 4.35. The lowest BCUT2D eigenvalue weighted by Gasteiger charge is -2.10. The molecule has 0 amide bonds. The molecule has 5 heteroatoms. The molecule has 2 aromatic rings. The highest BCUT2D eigenvalue weighted by Gasteiger charge is 2.13. The van der Waals surface area contributed by atoms with E-state index in [1.807, 2.05) is 0 Å². The lowest BCUT2D eigenvalue weighted by Crippen LogP contribution is -2.31. The summed E-state index contributed by atoms with van der Waals surface area (Å²) >= 11 is 0. The van der Waals surface area contributed by atoms with E-state index in [-0.39, 0.29) is 5.75 Å². The van der Waals surface area contributed by atoms with Crippen LogP contribution >= 0.6 is 0 Å². The average molecular weight is 258 g/mol. The van der Waals surface area contributed by atoms with Crippen LogP contribution in [-0.4, -0.2) is 22.3 Å². The maximum atomic E-state index is 9.17. The van der Waals surface area contributed by atoms with Crippen molar-refractivity contribution in [2.24, 2.45) is 0 Å². The molecule has 98 valence electrons. The normalized spacial score (nSPS) is 10.3. The Morgan fingerprint density at radius 2 is 1.74 bits per heavy atom. The Morgan fingerprint density at radius 3 is 2.32 bits per heavy atom. The standard InChI is InChI=1S/C14H15BO4/c1-10-8-13(6-7-14(10)15(17)18)19-9-11-2-4-12(16)5-3-11/h2-8,16-18H,9H2,1H3. The van der Waals surface area contributed by atoms with Gasteiger partial charge in [-0.1, -0.05) is 18.2 Å². The smallest absolute Gasteiger partial charge is 0.488 e. The third kappa shape index (κ3) is 3.50. The highest BCUT2D eigenvalue weighted by molar-refractivity contribution is 6.59. The van der Waals surface area contributed by atoms with E-state index in [0.29, 0.717) is 17.8 Å². The van der Waals surface area contributed by atoms with Crippen LogP contribution in [0.1, 0.15) is 11.1 Å². The maximum Gasteiger partial charge on any atom is 0.488 e. The molecule has 0 radical (unpaired) electrons. The summed E-state index contributed by atoms with van der Waals surface area (Å²) < 4.78 is 5.60. The van der Waals surface area contributed by atoms with Gasteiger partial charge in [-0.2, -0.15) is 0 Å². The Kier molecular flexibility index (Phi) is 4.09. The molecule has 0 saturated carbocycles. The molecule has 0 bridgehead atoms. The summed E-state index contributed by atoms with van der Waals surface area (Å²) in [7, 11) is -1.47. The van der Waals surface area contributed by atoms with Crippen LogP contribution in [0, 0.1) is 6.92 Å². The first-order chi connectivity index (χ1) is 9.06. The van der Waals surface area contributed by atoms with Gasteiger partial charge in [0, 0.05) is 0 Å². The van der Waals surface area contributed by atoms with Crippen molar-refractivity contribution < 1.29 is 19.9 Å². The van der Waals surface area contributed by atoms with Gasteiger partial charge >= 0.3 is 7.12 Å². The second-order valence-corrected chi connectivity index (χ2v) is 4.35. The Balaban J connectivity index is 2.04. The van der Waals surface area contributed by atoms with Gasteiger partial charge in [0.05, 0.1) is 0 Å². The van der Waals surface area contributed by atoms with E-state index >= 15 is 0 Å². The molecule has 19 heavy (non-hydrogen) atoms. The third-order valence-corrected chi connectivity index (χ3v) is 2.86. The van der Waals surface area contributed by atoms with Crippen molar-refractivity contribution in [1.29, 1.82) is 0 Å². The number of hydrogen-bond donors (Lipinski definition) is 3. The number of aromatic hydroxyl groups is 1. The van der Waals surface area contributed by atoms with Gasteiger partial charge in [0.2, 0.25) is 0 Å². The second kappa shape index (κ2) is 5.78.